The zero-order valence-corrected chi connectivity index (χ0v) is 39.4. The molecule has 0 N–H and O–H groups in total. The maximum atomic E-state index is 2.68. The normalized spacial score (nSPS) is 25.0. The van der Waals surface area contributed by atoms with Crippen LogP contribution in [0.1, 0.15) is 90.3 Å². The van der Waals surface area contributed by atoms with Crippen LogP contribution in [0.2, 0.25) is 0 Å². The lowest BCUT2D eigenvalue weighted by Gasteiger charge is -2.42. The van der Waals surface area contributed by atoms with E-state index in [1.165, 1.54) is 94.4 Å². The number of hydrogen-bond acceptors (Lipinski definition) is 0. The largest absolute Gasteiger partial charge is 0.0839 e. The summed E-state index contributed by atoms with van der Waals surface area (Å²) in [5.74, 6) is 2.38. The molecule has 0 heteroatoms. The summed E-state index contributed by atoms with van der Waals surface area (Å²) in [6.07, 6.45) is 30.8. The fraction of sp³-hybridized carbons (Fsp3) is 0.273. The van der Waals surface area contributed by atoms with Gasteiger partial charge in [0.05, 0.1) is 0 Å². The molecule has 5 atom stereocenters. The van der Waals surface area contributed by atoms with Crippen LogP contribution in [0.4, 0.5) is 0 Å². The van der Waals surface area contributed by atoms with Gasteiger partial charge < -0.3 is 0 Å². The average molecular weight is 851 g/mol. The molecule has 5 unspecified atom stereocenters. The van der Waals surface area contributed by atoms with E-state index in [9.17, 15) is 0 Å². The number of benzene rings is 5. The summed E-state index contributed by atoms with van der Waals surface area (Å²) < 4.78 is 0. The van der Waals surface area contributed by atoms with Crippen molar-refractivity contribution in [3.05, 3.63) is 212 Å². The first-order chi connectivity index (χ1) is 32.0. The highest BCUT2D eigenvalue weighted by molar-refractivity contribution is 6.22. The number of allylic oxidation sites excluding steroid dienone is 18. The van der Waals surface area contributed by atoms with Crippen molar-refractivity contribution >= 4 is 33.1 Å². The van der Waals surface area contributed by atoms with Crippen molar-refractivity contribution in [3.8, 4) is 33.4 Å². The highest BCUT2D eigenvalue weighted by Crippen LogP contribution is 2.64. The summed E-state index contributed by atoms with van der Waals surface area (Å²) in [5.41, 5.74) is 28.3. The van der Waals surface area contributed by atoms with Gasteiger partial charge in [-0.15, -0.1) is 0 Å². The minimum Gasteiger partial charge on any atom is -0.0839 e. The molecule has 322 valence electrons. The topological polar surface area (TPSA) is 0 Å². The fourth-order valence-corrected chi connectivity index (χ4v) is 14.4. The zero-order valence-electron chi connectivity index (χ0n) is 39.4. The van der Waals surface area contributed by atoms with Gasteiger partial charge in [0.15, 0.2) is 0 Å². The number of rotatable bonds is 3. The van der Waals surface area contributed by atoms with Crippen molar-refractivity contribution in [2.24, 2.45) is 40.4 Å². The van der Waals surface area contributed by atoms with E-state index in [0.717, 1.165) is 25.7 Å². The summed E-state index contributed by atoms with van der Waals surface area (Å²) in [5, 5.41) is 5.72. The molecule has 0 aliphatic heterocycles. The van der Waals surface area contributed by atoms with Crippen LogP contribution in [0.3, 0.4) is 0 Å². The van der Waals surface area contributed by atoms with Gasteiger partial charge in [0.25, 0.3) is 0 Å². The highest BCUT2D eigenvalue weighted by atomic mass is 14.5. The molecule has 0 spiro atoms. The van der Waals surface area contributed by atoms with Crippen molar-refractivity contribution in [2.75, 3.05) is 0 Å². The van der Waals surface area contributed by atoms with Crippen LogP contribution in [0, 0.1) is 40.4 Å². The van der Waals surface area contributed by atoms with Crippen molar-refractivity contribution in [2.45, 2.75) is 73.6 Å². The second-order valence-corrected chi connectivity index (χ2v) is 22.9. The molecule has 9 aliphatic carbocycles. The molecule has 5 aromatic rings. The molecular weight excluding hydrogens is 793 g/mol. The van der Waals surface area contributed by atoms with Gasteiger partial charge in [0.2, 0.25) is 0 Å². The molecule has 0 bridgehead atoms. The Bertz CT molecular complexity index is 3490. The Morgan fingerprint density at radius 2 is 1.38 bits per heavy atom. The Balaban J connectivity index is 1.03. The minimum atomic E-state index is 0.0779. The first kappa shape index (κ1) is 39.0. The third-order valence-corrected chi connectivity index (χ3v) is 17.3. The van der Waals surface area contributed by atoms with Gasteiger partial charge in [-0.2, -0.15) is 0 Å². The Kier molecular flexibility index (Phi) is 8.07. The van der Waals surface area contributed by atoms with Gasteiger partial charge in [0.1, 0.15) is 0 Å². The van der Waals surface area contributed by atoms with E-state index in [1.807, 2.05) is 0 Å². The van der Waals surface area contributed by atoms with E-state index < -0.39 is 0 Å². The molecule has 0 amide bonds. The molecule has 14 rings (SSSR count). The molecule has 66 heavy (non-hydrogen) atoms. The lowest BCUT2D eigenvalue weighted by Crippen LogP contribution is -2.37. The van der Waals surface area contributed by atoms with Crippen LogP contribution < -0.4 is 10.4 Å². The smallest absolute Gasteiger partial charge is 0.0196 e. The SMILES string of the molecule is CC(C)(C)C1=CC2C=CC3=C4C5=C(CC3)c3c(c(-c6ccccc6)c6cc7c(cc6c3-c3ccccc3)C3=c6c-7cccc6=C6C=CC(C7CC=CC=C7C(C)(C)C)CC6C3)C5=CC(=C1)C42. The van der Waals surface area contributed by atoms with Crippen molar-refractivity contribution in [3.63, 3.8) is 0 Å². The number of fused-ring (bicyclic) bond motifs is 8. The second-order valence-electron chi connectivity index (χ2n) is 22.9. The second kappa shape index (κ2) is 13.7. The van der Waals surface area contributed by atoms with Crippen LogP contribution in [-0.4, -0.2) is 0 Å². The highest BCUT2D eigenvalue weighted by Gasteiger charge is 2.47. The summed E-state index contributed by atoms with van der Waals surface area (Å²) in [6, 6.07) is 35.5. The maximum Gasteiger partial charge on any atom is 0.0196 e. The lowest BCUT2D eigenvalue weighted by atomic mass is 9.61. The van der Waals surface area contributed by atoms with Crippen LogP contribution >= 0.6 is 0 Å². The van der Waals surface area contributed by atoms with E-state index in [4.69, 9.17) is 0 Å². The molecule has 5 aromatic carbocycles. The summed E-state index contributed by atoms with van der Waals surface area (Å²) >= 11 is 0. The first-order valence-electron chi connectivity index (χ1n) is 25.0. The van der Waals surface area contributed by atoms with Crippen molar-refractivity contribution in [1.29, 1.82) is 0 Å². The molecule has 9 aliphatic rings. The van der Waals surface area contributed by atoms with E-state index in [2.05, 4.69) is 193 Å². The summed E-state index contributed by atoms with van der Waals surface area (Å²) in [6.45, 7) is 14.4. The van der Waals surface area contributed by atoms with E-state index in [0.29, 0.717) is 29.6 Å². The van der Waals surface area contributed by atoms with Crippen LogP contribution in [0.25, 0.3) is 66.4 Å². The van der Waals surface area contributed by atoms with Gasteiger partial charge in [-0.25, -0.2) is 0 Å². The fourth-order valence-electron chi connectivity index (χ4n) is 14.4. The third kappa shape index (κ3) is 5.39. The monoisotopic (exact) mass is 850 g/mol. The summed E-state index contributed by atoms with van der Waals surface area (Å²) in [7, 11) is 0. The maximum absolute atomic E-state index is 2.68. The van der Waals surface area contributed by atoms with E-state index >= 15 is 0 Å². The molecule has 0 fully saturated rings. The number of hydrogen-bond donors (Lipinski definition) is 0. The predicted molar refractivity (Wildman–Crippen MR) is 278 cm³/mol. The molecule has 0 aromatic heterocycles. The van der Waals surface area contributed by atoms with Gasteiger partial charge in [-0.1, -0.05) is 181 Å². The molecule has 0 heterocycles. The third-order valence-electron chi connectivity index (χ3n) is 17.3. The Morgan fingerprint density at radius 1 is 0.636 bits per heavy atom. The average Bonchev–Trinajstić information content (AvgIpc) is 3.82. The van der Waals surface area contributed by atoms with Gasteiger partial charge >= 0.3 is 0 Å². The van der Waals surface area contributed by atoms with Crippen LogP contribution in [-0.2, 0) is 0 Å². The summed E-state index contributed by atoms with van der Waals surface area (Å²) in [4.78, 5) is 0. The molecular formula is C66H58. The van der Waals surface area contributed by atoms with Crippen LogP contribution in [0.5, 0.6) is 0 Å². The molecule has 0 saturated heterocycles. The zero-order chi connectivity index (χ0) is 44.4. The Hall–Kier alpha value is -6.24. The van der Waals surface area contributed by atoms with E-state index in [1.54, 1.807) is 39.0 Å². The van der Waals surface area contributed by atoms with Gasteiger partial charge in [-0.05, 0) is 200 Å². The minimum absolute atomic E-state index is 0.0779. The Morgan fingerprint density at radius 3 is 2.12 bits per heavy atom. The Labute approximate surface area is 391 Å². The lowest BCUT2D eigenvalue weighted by molar-refractivity contribution is 0.322. The van der Waals surface area contributed by atoms with Crippen molar-refractivity contribution in [1.82, 2.24) is 0 Å². The van der Waals surface area contributed by atoms with Crippen LogP contribution in [0.15, 0.2) is 185 Å². The first-order valence-corrected chi connectivity index (χ1v) is 25.0. The molecule has 0 saturated carbocycles. The molecule has 0 radical (unpaired) electrons. The predicted octanol–water partition coefficient (Wildman–Crippen LogP) is 15.6. The standard InChI is InChI=1S/C66H58/c1-65(2,3)44-31-41-25-24-39-26-29-49-62-55(34-43(32-44)57(41)60(39)62)64-59(38-18-11-8-12-19-38)53-35-50-48-22-15-21-47-45-28-27-40(46-20-13-14-23-56(46)66(4,5)6)30-42(45)33-52(61(47)48)51(50)36-54(53)58(63(49)64)37-16-9-7-10-17-37/h7-19,21-25,27-28,31-32,34-36,40-42,46,57H,20,26,29-30,33H2,1-6H3. The van der Waals surface area contributed by atoms with Gasteiger partial charge in [-0.3, -0.25) is 0 Å². The van der Waals surface area contributed by atoms with Crippen molar-refractivity contribution < 1.29 is 0 Å². The van der Waals surface area contributed by atoms with Gasteiger partial charge in [0, 0.05) is 11.8 Å². The molecule has 0 nitrogen and oxygen atoms in total. The quantitative estimate of drug-likeness (QED) is 0.170. The van der Waals surface area contributed by atoms with E-state index in [-0.39, 0.29) is 10.8 Å².